The predicted molar refractivity (Wildman–Crippen MR) is 93.5 cm³/mol. The Bertz CT molecular complexity index is 860. The van der Waals surface area contributed by atoms with Crippen LogP contribution in [0.4, 0.5) is 5.69 Å². The van der Waals surface area contributed by atoms with Gasteiger partial charge in [-0.1, -0.05) is 0 Å². The van der Waals surface area contributed by atoms with Gasteiger partial charge < -0.3 is 9.73 Å². The first-order valence-electron chi connectivity index (χ1n) is 7.68. The molecule has 0 fully saturated rings. The Kier molecular flexibility index (Phi) is 4.80. The van der Waals surface area contributed by atoms with Gasteiger partial charge in [0.1, 0.15) is 11.5 Å². The molecule has 0 aliphatic carbocycles. The molecule has 1 aromatic carbocycles. The topological polar surface area (TPSA) is 100 Å². The van der Waals surface area contributed by atoms with E-state index in [2.05, 4.69) is 16.2 Å². The van der Waals surface area contributed by atoms with Crippen LogP contribution in [0, 0.1) is 13.8 Å². The van der Waals surface area contributed by atoms with Crippen molar-refractivity contribution < 1.29 is 18.8 Å². The van der Waals surface area contributed by atoms with E-state index < -0.39 is 11.8 Å². The molecule has 7 nitrogen and oxygen atoms in total. The fraction of sp³-hybridized carbons (Fsp3) is 0.235. The maximum atomic E-state index is 12.3. The number of carbonyl (C=O) groups is 3. The molecule has 2 aromatic rings. The number of fused-ring (bicyclic) bond motifs is 1. The highest BCUT2D eigenvalue weighted by atomic mass is 32.2. The Balaban J connectivity index is 1.68. The number of carbonyl (C=O) groups excluding carboxylic acids is 3. The molecule has 2 heterocycles. The number of amides is 3. The molecule has 0 spiro atoms. The van der Waals surface area contributed by atoms with Gasteiger partial charge in [0.25, 0.3) is 11.8 Å². The first kappa shape index (κ1) is 17.1. The van der Waals surface area contributed by atoms with Gasteiger partial charge in [-0.05, 0) is 38.1 Å². The Morgan fingerprint density at radius 1 is 1.16 bits per heavy atom. The zero-order valence-corrected chi connectivity index (χ0v) is 14.6. The van der Waals surface area contributed by atoms with Crippen LogP contribution in [0.25, 0.3) is 0 Å². The molecule has 0 bridgehead atoms. The maximum absolute atomic E-state index is 12.3. The summed E-state index contributed by atoms with van der Waals surface area (Å²) in [5, 5.41) is 2.78. The molecular formula is C17H17N3O4S. The second kappa shape index (κ2) is 7.02. The largest absolute Gasteiger partial charge is 0.466 e. The van der Waals surface area contributed by atoms with Crippen LogP contribution in [0.1, 0.15) is 38.7 Å². The van der Waals surface area contributed by atoms with E-state index in [9.17, 15) is 14.4 Å². The molecular weight excluding hydrogens is 342 g/mol. The Morgan fingerprint density at radius 3 is 2.64 bits per heavy atom. The van der Waals surface area contributed by atoms with Crippen molar-refractivity contribution in [3.63, 3.8) is 0 Å². The van der Waals surface area contributed by atoms with E-state index in [0.29, 0.717) is 40.5 Å². The van der Waals surface area contributed by atoms with Gasteiger partial charge in [0.05, 0.1) is 11.3 Å². The average Bonchev–Trinajstić information content (AvgIpc) is 2.80. The third-order valence-electron chi connectivity index (χ3n) is 3.68. The molecule has 8 heteroatoms. The zero-order chi connectivity index (χ0) is 18.0. The minimum atomic E-state index is -0.475. The molecule has 0 saturated carbocycles. The van der Waals surface area contributed by atoms with Crippen LogP contribution in [0.15, 0.2) is 33.6 Å². The summed E-state index contributed by atoms with van der Waals surface area (Å²) in [5.74, 6) is 0.785. The summed E-state index contributed by atoms with van der Waals surface area (Å²) in [6, 6.07) is 6.64. The summed E-state index contributed by atoms with van der Waals surface area (Å²) in [5.41, 5.74) is 6.03. The minimum Gasteiger partial charge on any atom is -0.466 e. The molecule has 0 saturated heterocycles. The summed E-state index contributed by atoms with van der Waals surface area (Å²) < 4.78 is 5.30. The first-order valence-corrected chi connectivity index (χ1v) is 8.67. The van der Waals surface area contributed by atoms with Crippen molar-refractivity contribution in [1.29, 1.82) is 0 Å². The fourth-order valence-corrected chi connectivity index (χ4v) is 3.41. The number of hydrazine groups is 1. The molecule has 0 radical (unpaired) electrons. The minimum absolute atomic E-state index is 0.0806. The van der Waals surface area contributed by atoms with Crippen molar-refractivity contribution in [2.24, 2.45) is 0 Å². The van der Waals surface area contributed by atoms with E-state index in [1.165, 1.54) is 0 Å². The van der Waals surface area contributed by atoms with Crippen LogP contribution in [-0.2, 0) is 4.79 Å². The summed E-state index contributed by atoms with van der Waals surface area (Å²) >= 11 is 1.56. The van der Waals surface area contributed by atoms with Gasteiger partial charge in [-0.2, -0.15) is 0 Å². The smallest absolute Gasteiger partial charge is 0.273 e. The van der Waals surface area contributed by atoms with E-state index in [4.69, 9.17) is 4.42 Å². The second-order valence-electron chi connectivity index (χ2n) is 5.59. The second-order valence-corrected chi connectivity index (χ2v) is 6.73. The van der Waals surface area contributed by atoms with Gasteiger partial charge in [0.2, 0.25) is 5.91 Å². The number of furan rings is 1. The monoisotopic (exact) mass is 359 g/mol. The van der Waals surface area contributed by atoms with E-state index in [0.717, 1.165) is 4.90 Å². The molecule has 1 aliphatic heterocycles. The third-order valence-corrected chi connectivity index (χ3v) is 4.75. The molecule has 3 amide bonds. The van der Waals surface area contributed by atoms with Gasteiger partial charge in [0.15, 0.2) is 0 Å². The molecule has 0 unspecified atom stereocenters. The zero-order valence-electron chi connectivity index (χ0n) is 13.8. The van der Waals surface area contributed by atoms with E-state index >= 15 is 0 Å². The van der Waals surface area contributed by atoms with Crippen molar-refractivity contribution in [1.82, 2.24) is 10.9 Å². The molecule has 0 atom stereocenters. The summed E-state index contributed by atoms with van der Waals surface area (Å²) in [4.78, 5) is 36.9. The van der Waals surface area contributed by atoms with Gasteiger partial charge in [0, 0.05) is 22.6 Å². The number of anilines is 1. The highest BCUT2D eigenvalue weighted by molar-refractivity contribution is 7.99. The van der Waals surface area contributed by atoms with Crippen molar-refractivity contribution in [3.8, 4) is 0 Å². The van der Waals surface area contributed by atoms with Crippen LogP contribution < -0.4 is 16.2 Å². The molecule has 25 heavy (non-hydrogen) atoms. The quantitative estimate of drug-likeness (QED) is 0.715. The SMILES string of the molecule is Cc1cc(C(=O)NNC(=O)c2ccc3c(c2)NC(=O)CCS3)c(C)o1. The number of aryl methyl sites for hydroxylation is 2. The van der Waals surface area contributed by atoms with E-state index in [1.807, 2.05) is 0 Å². The lowest BCUT2D eigenvalue weighted by molar-refractivity contribution is -0.115. The van der Waals surface area contributed by atoms with E-state index in [-0.39, 0.29) is 5.91 Å². The Labute approximate surface area is 148 Å². The molecule has 1 aromatic heterocycles. The number of benzene rings is 1. The van der Waals surface area contributed by atoms with Crippen molar-refractivity contribution in [3.05, 3.63) is 46.9 Å². The molecule has 3 rings (SSSR count). The van der Waals surface area contributed by atoms with Crippen molar-refractivity contribution in [2.75, 3.05) is 11.1 Å². The van der Waals surface area contributed by atoms with Crippen LogP contribution in [-0.4, -0.2) is 23.5 Å². The van der Waals surface area contributed by atoms with Crippen molar-refractivity contribution in [2.45, 2.75) is 25.2 Å². The summed E-state index contributed by atoms with van der Waals surface area (Å²) in [7, 11) is 0. The maximum Gasteiger partial charge on any atom is 0.273 e. The summed E-state index contributed by atoms with van der Waals surface area (Å²) in [6.07, 6.45) is 0.431. The normalized spacial score (nSPS) is 13.4. The number of rotatable bonds is 2. The standard InChI is InChI=1S/C17H17N3O4S/c1-9-7-12(10(2)24-9)17(23)20-19-16(22)11-3-4-14-13(8-11)18-15(21)5-6-25-14/h3-4,7-8H,5-6H2,1-2H3,(H,18,21)(H,19,22)(H,20,23). The lowest BCUT2D eigenvalue weighted by Crippen LogP contribution is -2.41. The predicted octanol–water partition coefficient (Wildman–Crippen LogP) is 2.41. The number of hydrogen-bond donors (Lipinski definition) is 3. The Morgan fingerprint density at radius 2 is 1.92 bits per heavy atom. The van der Waals surface area contributed by atoms with E-state index in [1.54, 1.807) is 49.9 Å². The number of nitrogens with one attached hydrogen (secondary N) is 3. The van der Waals surface area contributed by atoms with Gasteiger partial charge in [-0.3, -0.25) is 25.2 Å². The molecule has 1 aliphatic rings. The highest BCUT2D eigenvalue weighted by Gasteiger charge is 2.17. The Hall–Kier alpha value is -2.74. The van der Waals surface area contributed by atoms with Crippen molar-refractivity contribution >= 4 is 35.2 Å². The van der Waals surface area contributed by atoms with Gasteiger partial charge in [-0.15, -0.1) is 11.8 Å². The van der Waals surface area contributed by atoms with Crippen LogP contribution in [0.5, 0.6) is 0 Å². The van der Waals surface area contributed by atoms with Crippen LogP contribution in [0.2, 0.25) is 0 Å². The average molecular weight is 359 g/mol. The lowest BCUT2D eigenvalue weighted by Gasteiger charge is -2.10. The number of hydrogen-bond acceptors (Lipinski definition) is 5. The summed E-state index contributed by atoms with van der Waals surface area (Å²) in [6.45, 7) is 3.42. The molecule has 130 valence electrons. The fourth-order valence-electron chi connectivity index (χ4n) is 2.47. The highest BCUT2D eigenvalue weighted by Crippen LogP contribution is 2.31. The molecule has 3 N–H and O–H groups in total. The first-order chi connectivity index (χ1) is 11.9. The van der Waals surface area contributed by atoms with Gasteiger partial charge in [-0.25, -0.2) is 0 Å². The third kappa shape index (κ3) is 3.85. The van der Waals surface area contributed by atoms with Crippen LogP contribution in [0.3, 0.4) is 0 Å². The number of thioether (sulfide) groups is 1. The van der Waals surface area contributed by atoms with Gasteiger partial charge >= 0.3 is 0 Å². The lowest BCUT2D eigenvalue weighted by atomic mass is 10.2. The van der Waals surface area contributed by atoms with Crippen LogP contribution >= 0.6 is 11.8 Å².